The van der Waals surface area contributed by atoms with Gasteiger partial charge in [-0.3, -0.25) is 0 Å². The lowest BCUT2D eigenvalue weighted by Gasteiger charge is -2.26. The zero-order valence-electron chi connectivity index (χ0n) is 11.9. The number of sulfonamides is 1. The van der Waals surface area contributed by atoms with Crippen LogP contribution in [0.2, 0.25) is 0 Å². The molecular weight excluding hydrogens is 295 g/mol. The van der Waals surface area contributed by atoms with E-state index in [0.29, 0.717) is 12.1 Å². The van der Waals surface area contributed by atoms with Crippen LogP contribution in [0.4, 0.5) is 4.39 Å². The van der Waals surface area contributed by atoms with Crippen molar-refractivity contribution in [2.75, 3.05) is 26.2 Å². The number of hydrogen-bond donors (Lipinski definition) is 2. The molecule has 5 nitrogen and oxygen atoms in total. The van der Waals surface area contributed by atoms with Crippen molar-refractivity contribution in [3.8, 4) is 0 Å². The first-order chi connectivity index (χ1) is 10.0. The molecule has 0 aromatic heterocycles. The Kier molecular flexibility index (Phi) is 5.69. The summed E-state index contributed by atoms with van der Waals surface area (Å²) in [5.41, 5.74) is 0.347. The Bertz CT molecular complexity index is 572. The first kappa shape index (κ1) is 16.4. The van der Waals surface area contributed by atoms with Gasteiger partial charge in [0.1, 0.15) is 10.7 Å². The van der Waals surface area contributed by atoms with Crippen molar-refractivity contribution in [1.29, 1.82) is 0 Å². The predicted octanol–water partition coefficient (Wildman–Crippen LogP) is 1.08. The van der Waals surface area contributed by atoms with Gasteiger partial charge in [-0.05, 0) is 43.6 Å². The second-order valence-electron chi connectivity index (χ2n) is 5.22. The van der Waals surface area contributed by atoms with E-state index in [4.69, 9.17) is 5.11 Å². The summed E-state index contributed by atoms with van der Waals surface area (Å²) in [6.45, 7) is 2.56. The van der Waals surface area contributed by atoms with Gasteiger partial charge in [-0.25, -0.2) is 17.5 Å². The van der Waals surface area contributed by atoms with Gasteiger partial charge >= 0.3 is 0 Å². The van der Waals surface area contributed by atoms with Crippen LogP contribution in [0.25, 0.3) is 0 Å². The normalized spacial score (nSPS) is 17.0. The molecule has 0 atom stereocenters. The molecule has 1 aliphatic heterocycles. The number of aliphatic hydroxyl groups is 1. The summed E-state index contributed by atoms with van der Waals surface area (Å²) in [5.74, 6) is -0.841. The maximum Gasteiger partial charge on any atom is 0.243 e. The average molecular weight is 316 g/mol. The Morgan fingerprint density at radius 3 is 2.57 bits per heavy atom. The van der Waals surface area contributed by atoms with E-state index in [-0.39, 0.29) is 18.0 Å². The fourth-order valence-electron chi connectivity index (χ4n) is 2.46. The standard InChI is InChI=1S/C14H21FN2O3S/c15-13-10-12(11-18)4-5-14(13)21(19,20)16-6-9-17-7-2-1-3-8-17/h4-5,10,16,18H,1-3,6-9,11H2. The molecule has 0 aliphatic carbocycles. The van der Waals surface area contributed by atoms with Crippen LogP contribution in [0.15, 0.2) is 23.1 Å². The smallest absolute Gasteiger partial charge is 0.243 e. The molecule has 1 fully saturated rings. The van der Waals surface area contributed by atoms with E-state index in [1.165, 1.54) is 18.6 Å². The van der Waals surface area contributed by atoms with E-state index in [2.05, 4.69) is 9.62 Å². The summed E-state index contributed by atoms with van der Waals surface area (Å²) < 4.78 is 40.3. The van der Waals surface area contributed by atoms with Crippen LogP contribution in [0.5, 0.6) is 0 Å². The van der Waals surface area contributed by atoms with Crippen LogP contribution in [0.1, 0.15) is 24.8 Å². The van der Waals surface area contributed by atoms with E-state index in [1.54, 1.807) is 0 Å². The van der Waals surface area contributed by atoms with Gasteiger partial charge in [0.15, 0.2) is 0 Å². The van der Waals surface area contributed by atoms with Crippen LogP contribution in [-0.2, 0) is 16.6 Å². The SMILES string of the molecule is O=S(=O)(NCCN1CCCCC1)c1ccc(CO)cc1F. The maximum absolute atomic E-state index is 13.8. The number of halogens is 1. The average Bonchev–Trinajstić information content (AvgIpc) is 2.47. The third-order valence-corrected chi connectivity index (χ3v) is 5.13. The molecule has 7 heteroatoms. The first-order valence-electron chi connectivity index (χ1n) is 7.14. The molecule has 1 aromatic rings. The van der Waals surface area contributed by atoms with Crippen LogP contribution in [0.3, 0.4) is 0 Å². The summed E-state index contributed by atoms with van der Waals surface area (Å²) in [5, 5.41) is 8.90. The van der Waals surface area contributed by atoms with E-state index in [0.717, 1.165) is 32.0 Å². The number of aliphatic hydroxyl groups excluding tert-OH is 1. The number of nitrogens with one attached hydrogen (secondary N) is 1. The first-order valence-corrected chi connectivity index (χ1v) is 8.62. The summed E-state index contributed by atoms with van der Waals surface area (Å²) in [4.78, 5) is 1.83. The lowest BCUT2D eigenvalue weighted by Crippen LogP contribution is -2.37. The van der Waals surface area contributed by atoms with E-state index < -0.39 is 15.8 Å². The molecule has 0 saturated carbocycles. The minimum Gasteiger partial charge on any atom is -0.392 e. The van der Waals surface area contributed by atoms with Crippen LogP contribution >= 0.6 is 0 Å². The molecule has 0 unspecified atom stereocenters. The highest BCUT2D eigenvalue weighted by Gasteiger charge is 2.19. The van der Waals surface area contributed by atoms with Crippen molar-refractivity contribution < 1.29 is 17.9 Å². The third-order valence-electron chi connectivity index (χ3n) is 3.64. The van der Waals surface area contributed by atoms with E-state index >= 15 is 0 Å². The van der Waals surface area contributed by atoms with E-state index in [1.807, 2.05) is 0 Å². The molecule has 0 bridgehead atoms. The zero-order chi connectivity index (χ0) is 15.3. The molecule has 2 rings (SSSR count). The number of nitrogens with zero attached hydrogens (tertiary/aromatic N) is 1. The second kappa shape index (κ2) is 7.31. The Hall–Kier alpha value is -1.02. The highest BCUT2D eigenvalue weighted by atomic mass is 32.2. The van der Waals surface area contributed by atoms with E-state index in [9.17, 15) is 12.8 Å². The largest absolute Gasteiger partial charge is 0.392 e. The quantitative estimate of drug-likeness (QED) is 0.824. The molecular formula is C14H21FN2O3S. The number of rotatable bonds is 6. The van der Waals surface area contributed by atoms with Crippen molar-refractivity contribution in [3.05, 3.63) is 29.6 Å². The monoisotopic (exact) mass is 316 g/mol. The molecule has 1 heterocycles. The topological polar surface area (TPSA) is 69.6 Å². The van der Waals surface area contributed by atoms with Gasteiger partial charge in [-0.2, -0.15) is 0 Å². The third kappa shape index (κ3) is 4.47. The fraction of sp³-hybridized carbons (Fsp3) is 0.571. The fourth-order valence-corrected chi connectivity index (χ4v) is 3.54. The van der Waals surface area contributed by atoms with Crippen LogP contribution < -0.4 is 4.72 Å². The highest BCUT2D eigenvalue weighted by Crippen LogP contribution is 2.16. The van der Waals surface area contributed by atoms with Gasteiger partial charge in [0, 0.05) is 13.1 Å². The van der Waals surface area contributed by atoms with Gasteiger partial charge in [0.2, 0.25) is 10.0 Å². The molecule has 21 heavy (non-hydrogen) atoms. The molecule has 1 aromatic carbocycles. The van der Waals surface area contributed by atoms with Gasteiger partial charge in [0.25, 0.3) is 0 Å². The van der Waals surface area contributed by atoms with Crippen molar-refractivity contribution in [2.24, 2.45) is 0 Å². The van der Waals surface area contributed by atoms with Crippen LogP contribution in [0, 0.1) is 5.82 Å². The van der Waals surface area contributed by atoms with Crippen molar-refractivity contribution in [3.63, 3.8) is 0 Å². The molecule has 118 valence electrons. The van der Waals surface area contributed by atoms with Gasteiger partial charge in [0.05, 0.1) is 6.61 Å². The van der Waals surface area contributed by atoms with Gasteiger partial charge in [-0.1, -0.05) is 12.5 Å². The number of piperidine rings is 1. The van der Waals surface area contributed by atoms with Crippen molar-refractivity contribution in [1.82, 2.24) is 9.62 Å². The molecule has 1 aliphatic rings. The second-order valence-corrected chi connectivity index (χ2v) is 6.96. The molecule has 0 spiro atoms. The zero-order valence-corrected chi connectivity index (χ0v) is 12.7. The van der Waals surface area contributed by atoms with Gasteiger partial charge < -0.3 is 10.0 Å². The Balaban J connectivity index is 1.94. The maximum atomic E-state index is 13.8. The van der Waals surface area contributed by atoms with Gasteiger partial charge in [-0.15, -0.1) is 0 Å². The lowest BCUT2D eigenvalue weighted by molar-refractivity contribution is 0.232. The molecule has 1 saturated heterocycles. The van der Waals surface area contributed by atoms with Crippen LogP contribution in [-0.4, -0.2) is 44.6 Å². The minimum atomic E-state index is -3.85. The summed E-state index contributed by atoms with van der Waals surface area (Å²) >= 11 is 0. The number of benzene rings is 1. The Morgan fingerprint density at radius 2 is 1.95 bits per heavy atom. The summed E-state index contributed by atoms with van der Waals surface area (Å²) in [6.07, 6.45) is 3.51. The summed E-state index contributed by atoms with van der Waals surface area (Å²) in [7, 11) is -3.85. The minimum absolute atomic E-state index is 0.267. The number of likely N-dealkylation sites (tertiary alicyclic amines) is 1. The Labute approximate surface area is 124 Å². The molecule has 0 amide bonds. The Morgan fingerprint density at radius 1 is 1.24 bits per heavy atom. The predicted molar refractivity (Wildman–Crippen MR) is 77.8 cm³/mol. The summed E-state index contributed by atoms with van der Waals surface area (Å²) in [6, 6.07) is 3.63. The molecule has 0 radical (unpaired) electrons. The lowest BCUT2D eigenvalue weighted by atomic mass is 10.1. The highest BCUT2D eigenvalue weighted by molar-refractivity contribution is 7.89. The van der Waals surface area contributed by atoms with Crippen molar-refractivity contribution in [2.45, 2.75) is 30.8 Å². The number of hydrogen-bond acceptors (Lipinski definition) is 4. The molecule has 2 N–H and O–H groups in total. The van der Waals surface area contributed by atoms with Crippen molar-refractivity contribution >= 4 is 10.0 Å².